The molecule has 1 aliphatic rings. The van der Waals surface area contributed by atoms with E-state index in [9.17, 15) is 9.90 Å². The van der Waals surface area contributed by atoms with Crippen LogP contribution in [-0.4, -0.2) is 16.0 Å². The van der Waals surface area contributed by atoms with Crippen molar-refractivity contribution >= 4 is 23.0 Å². The second kappa shape index (κ2) is 6.82. The number of carbonyl (C=O) groups excluding carboxylic acids is 1. The number of amides is 1. The van der Waals surface area contributed by atoms with Gasteiger partial charge in [-0.2, -0.15) is 0 Å². The number of rotatable bonds is 4. The minimum Gasteiger partial charge on any atom is -0.392 e. The zero-order valence-electron chi connectivity index (χ0n) is 13.9. The highest BCUT2D eigenvalue weighted by atomic mass is 16.3. The van der Waals surface area contributed by atoms with Crippen molar-refractivity contribution in [3.8, 4) is 11.1 Å². The predicted molar refractivity (Wildman–Crippen MR) is 102 cm³/mol. The third-order valence-corrected chi connectivity index (χ3v) is 4.25. The Morgan fingerprint density at radius 2 is 1.88 bits per heavy atom. The van der Waals surface area contributed by atoms with Crippen molar-refractivity contribution in [1.29, 1.82) is 0 Å². The fraction of sp³-hybridized carbons (Fsp3) is 0.0476. The van der Waals surface area contributed by atoms with Gasteiger partial charge < -0.3 is 15.7 Å². The number of anilines is 2. The summed E-state index contributed by atoms with van der Waals surface area (Å²) in [5.74, 6) is 0.371. The van der Waals surface area contributed by atoms with Crippen LogP contribution < -0.4 is 10.6 Å². The second-order valence-corrected chi connectivity index (χ2v) is 6.00. The molecule has 2 aromatic carbocycles. The first-order valence-electron chi connectivity index (χ1n) is 8.28. The Labute approximate surface area is 151 Å². The summed E-state index contributed by atoms with van der Waals surface area (Å²) in [7, 11) is 0. The molecule has 1 aromatic heterocycles. The topological polar surface area (TPSA) is 74.2 Å². The summed E-state index contributed by atoms with van der Waals surface area (Å²) in [5.41, 5.74) is 4.90. The van der Waals surface area contributed by atoms with Crippen LogP contribution in [0.4, 0.5) is 11.5 Å². The molecule has 2 heterocycles. The first-order chi connectivity index (χ1) is 12.7. The maximum Gasteiger partial charge on any atom is 0.259 e. The van der Waals surface area contributed by atoms with E-state index in [0.29, 0.717) is 11.4 Å². The van der Waals surface area contributed by atoms with E-state index in [4.69, 9.17) is 0 Å². The van der Waals surface area contributed by atoms with Crippen LogP contribution in [0.1, 0.15) is 11.1 Å². The lowest BCUT2D eigenvalue weighted by Gasteiger charge is -2.06. The minimum atomic E-state index is -0.191. The summed E-state index contributed by atoms with van der Waals surface area (Å²) in [6.45, 7) is -0.0280. The number of nitrogens with one attached hydrogen (secondary N) is 2. The van der Waals surface area contributed by atoms with Gasteiger partial charge in [0.25, 0.3) is 5.91 Å². The number of aliphatic hydroxyl groups excluding tert-OH is 1. The summed E-state index contributed by atoms with van der Waals surface area (Å²) in [4.78, 5) is 16.7. The fourth-order valence-electron chi connectivity index (χ4n) is 2.91. The lowest BCUT2D eigenvalue weighted by atomic mass is 10.0. The third kappa shape index (κ3) is 3.08. The zero-order chi connectivity index (χ0) is 17.9. The molecule has 26 heavy (non-hydrogen) atoms. The largest absolute Gasteiger partial charge is 0.392 e. The van der Waals surface area contributed by atoms with E-state index in [1.54, 1.807) is 12.4 Å². The van der Waals surface area contributed by atoms with Crippen molar-refractivity contribution in [2.75, 3.05) is 10.6 Å². The molecule has 0 unspecified atom stereocenters. The number of fused-ring (bicyclic) bond motifs is 1. The van der Waals surface area contributed by atoms with Crippen LogP contribution in [0.5, 0.6) is 0 Å². The van der Waals surface area contributed by atoms with Crippen LogP contribution >= 0.6 is 0 Å². The highest BCUT2D eigenvalue weighted by molar-refractivity contribution is 6.31. The van der Waals surface area contributed by atoms with Crippen LogP contribution in [0.25, 0.3) is 16.7 Å². The van der Waals surface area contributed by atoms with Crippen LogP contribution in [0.15, 0.2) is 73.1 Å². The molecular formula is C21H17N3O2. The van der Waals surface area contributed by atoms with E-state index in [1.807, 2.05) is 60.7 Å². The molecule has 0 aliphatic carbocycles. The van der Waals surface area contributed by atoms with Gasteiger partial charge in [0.2, 0.25) is 0 Å². The highest BCUT2D eigenvalue weighted by Gasteiger charge is 2.25. The van der Waals surface area contributed by atoms with E-state index < -0.39 is 0 Å². The SMILES string of the molecule is O=C1Nc2ncc(-c3ccccc3)cc2/C1=C/Nc1cccc(CO)c1. The van der Waals surface area contributed by atoms with Crippen LogP contribution in [0.3, 0.4) is 0 Å². The van der Waals surface area contributed by atoms with Crippen molar-refractivity contribution in [3.63, 3.8) is 0 Å². The Kier molecular flexibility index (Phi) is 4.21. The summed E-state index contributed by atoms with van der Waals surface area (Å²) in [5, 5.41) is 15.2. The number of aromatic nitrogens is 1. The molecule has 0 spiro atoms. The Balaban J connectivity index is 1.67. The lowest BCUT2D eigenvalue weighted by molar-refractivity contribution is -0.110. The molecule has 0 bridgehead atoms. The first kappa shape index (κ1) is 16.1. The quantitative estimate of drug-likeness (QED) is 0.632. The summed E-state index contributed by atoms with van der Waals surface area (Å²) < 4.78 is 0. The van der Waals surface area contributed by atoms with E-state index in [1.165, 1.54) is 0 Å². The number of aliphatic hydroxyl groups is 1. The van der Waals surface area contributed by atoms with Gasteiger partial charge in [-0.05, 0) is 29.3 Å². The molecule has 0 saturated carbocycles. The van der Waals surface area contributed by atoms with Gasteiger partial charge in [-0.25, -0.2) is 4.98 Å². The van der Waals surface area contributed by atoms with E-state index in [0.717, 1.165) is 27.9 Å². The Hall–Kier alpha value is -3.44. The van der Waals surface area contributed by atoms with Gasteiger partial charge in [-0.15, -0.1) is 0 Å². The van der Waals surface area contributed by atoms with Crippen molar-refractivity contribution in [2.24, 2.45) is 0 Å². The van der Waals surface area contributed by atoms with Crippen LogP contribution in [0.2, 0.25) is 0 Å². The number of hydrogen-bond donors (Lipinski definition) is 3. The van der Waals surface area contributed by atoms with E-state index >= 15 is 0 Å². The van der Waals surface area contributed by atoms with Gasteiger partial charge in [0.05, 0.1) is 12.2 Å². The fourth-order valence-corrected chi connectivity index (χ4v) is 2.91. The Morgan fingerprint density at radius 3 is 2.69 bits per heavy atom. The number of hydrogen-bond acceptors (Lipinski definition) is 4. The first-order valence-corrected chi connectivity index (χ1v) is 8.28. The zero-order valence-corrected chi connectivity index (χ0v) is 13.9. The van der Waals surface area contributed by atoms with Gasteiger partial charge in [-0.1, -0.05) is 42.5 Å². The summed E-state index contributed by atoms with van der Waals surface area (Å²) in [6, 6.07) is 19.3. The van der Waals surface area contributed by atoms with Crippen LogP contribution in [0, 0.1) is 0 Å². The Morgan fingerprint density at radius 1 is 1.04 bits per heavy atom. The molecule has 5 heteroatoms. The maximum atomic E-state index is 12.3. The molecular weight excluding hydrogens is 326 g/mol. The van der Waals surface area contributed by atoms with Crippen molar-refractivity contribution in [3.05, 3.63) is 84.2 Å². The molecule has 128 valence electrons. The normalized spacial score (nSPS) is 14.2. The maximum absolute atomic E-state index is 12.3. The second-order valence-electron chi connectivity index (χ2n) is 6.00. The number of carbonyl (C=O) groups is 1. The Bertz CT molecular complexity index is 997. The highest BCUT2D eigenvalue weighted by Crippen LogP contribution is 2.33. The third-order valence-electron chi connectivity index (χ3n) is 4.25. The van der Waals surface area contributed by atoms with Gasteiger partial charge >= 0.3 is 0 Å². The average molecular weight is 343 g/mol. The van der Waals surface area contributed by atoms with Gasteiger partial charge in [0, 0.05) is 29.2 Å². The van der Waals surface area contributed by atoms with Crippen molar-refractivity contribution < 1.29 is 9.90 Å². The molecule has 4 rings (SSSR count). The molecule has 5 nitrogen and oxygen atoms in total. The molecule has 3 N–H and O–H groups in total. The molecule has 1 aliphatic heterocycles. The minimum absolute atomic E-state index is 0.0280. The smallest absolute Gasteiger partial charge is 0.259 e. The van der Waals surface area contributed by atoms with E-state index in [2.05, 4.69) is 15.6 Å². The van der Waals surface area contributed by atoms with E-state index in [-0.39, 0.29) is 12.5 Å². The number of nitrogens with zero attached hydrogens (tertiary/aromatic N) is 1. The van der Waals surface area contributed by atoms with Crippen LogP contribution in [-0.2, 0) is 11.4 Å². The van der Waals surface area contributed by atoms with Gasteiger partial charge in [0.15, 0.2) is 0 Å². The van der Waals surface area contributed by atoms with Crippen molar-refractivity contribution in [1.82, 2.24) is 4.98 Å². The average Bonchev–Trinajstić information content (AvgIpc) is 3.01. The summed E-state index contributed by atoms with van der Waals surface area (Å²) >= 11 is 0. The molecule has 0 atom stereocenters. The summed E-state index contributed by atoms with van der Waals surface area (Å²) in [6.07, 6.45) is 3.43. The lowest BCUT2D eigenvalue weighted by Crippen LogP contribution is -2.05. The number of pyridine rings is 1. The standard InChI is InChI=1S/C21H17N3O2/c25-13-14-5-4-8-17(9-14)22-12-19-18-10-16(15-6-2-1-3-7-15)11-23-20(18)24-21(19)26/h1-12,22,25H,13H2,(H,23,24,26)/b19-12-. The molecule has 0 radical (unpaired) electrons. The predicted octanol–water partition coefficient (Wildman–Crippen LogP) is 3.65. The molecule has 0 fully saturated rings. The monoisotopic (exact) mass is 343 g/mol. The van der Waals surface area contributed by atoms with Gasteiger partial charge in [-0.3, -0.25) is 4.79 Å². The molecule has 1 amide bonds. The van der Waals surface area contributed by atoms with Crippen molar-refractivity contribution in [2.45, 2.75) is 6.61 Å². The molecule has 0 saturated heterocycles. The number of benzene rings is 2. The molecule has 3 aromatic rings. The van der Waals surface area contributed by atoms with Gasteiger partial charge in [0.1, 0.15) is 5.82 Å².